The number of nitrogens with zero attached hydrogens (tertiary/aromatic N) is 2. The summed E-state index contributed by atoms with van der Waals surface area (Å²) in [6.07, 6.45) is 1.51. The Morgan fingerprint density at radius 2 is 1.81 bits per heavy atom. The van der Waals surface area contributed by atoms with Crippen LogP contribution in [0.1, 0.15) is 37.5 Å². The third-order valence-electron chi connectivity index (χ3n) is 3.42. The first-order chi connectivity index (χ1) is 9.82. The van der Waals surface area contributed by atoms with E-state index in [2.05, 4.69) is 55.1 Å². The lowest BCUT2D eigenvalue weighted by atomic mass is 9.85. The highest BCUT2D eigenvalue weighted by molar-refractivity contribution is 5.50. The summed E-state index contributed by atoms with van der Waals surface area (Å²) >= 11 is 0. The average molecular weight is 285 g/mol. The fraction of sp³-hybridized carbons (Fsp3) is 0.412. The Kier molecular flexibility index (Phi) is 4.16. The lowest BCUT2D eigenvalue weighted by molar-refractivity contribution is 0.435. The number of anilines is 1. The summed E-state index contributed by atoms with van der Waals surface area (Å²) in [7, 11) is 1.84. The van der Waals surface area contributed by atoms with Crippen LogP contribution in [-0.4, -0.2) is 17.0 Å². The first-order valence-electron chi connectivity index (χ1n) is 7.11. The third-order valence-corrected chi connectivity index (χ3v) is 3.42. The second-order valence-corrected chi connectivity index (χ2v) is 6.25. The van der Waals surface area contributed by atoms with E-state index in [1.807, 2.05) is 20.0 Å². The average Bonchev–Trinajstić information content (AvgIpc) is 2.42. The highest BCUT2D eigenvalue weighted by atomic mass is 16.5. The van der Waals surface area contributed by atoms with Gasteiger partial charge in [-0.2, -0.15) is 0 Å². The number of ether oxygens (including phenoxy) is 1. The van der Waals surface area contributed by atoms with Crippen molar-refractivity contribution < 1.29 is 4.74 Å². The second kappa shape index (κ2) is 5.72. The maximum absolute atomic E-state index is 6.07. The fourth-order valence-electron chi connectivity index (χ4n) is 2.21. The molecule has 0 amide bonds. The lowest BCUT2D eigenvalue weighted by Gasteiger charge is -2.23. The zero-order valence-electron chi connectivity index (χ0n) is 13.6. The van der Waals surface area contributed by atoms with Crippen molar-refractivity contribution in [2.45, 2.75) is 40.0 Å². The number of nitrogens with one attached hydrogen (secondary N) is 1. The maximum Gasteiger partial charge on any atom is 0.227 e. The van der Waals surface area contributed by atoms with Gasteiger partial charge in [0.1, 0.15) is 17.9 Å². The molecule has 1 aromatic carbocycles. The summed E-state index contributed by atoms with van der Waals surface area (Å²) in [5.41, 5.74) is 3.31. The van der Waals surface area contributed by atoms with Crippen LogP contribution in [0.3, 0.4) is 0 Å². The SMILES string of the molecule is CNc1ncnc(Oc2ccc(C)cc2C(C)(C)C)c1C. The van der Waals surface area contributed by atoms with Gasteiger partial charge in [0.05, 0.1) is 5.56 Å². The van der Waals surface area contributed by atoms with Crippen LogP contribution in [0.15, 0.2) is 24.5 Å². The molecule has 2 aromatic rings. The monoisotopic (exact) mass is 285 g/mol. The lowest BCUT2D eigenvalue weighted by Crippen LogP contribution is -2.13. The molecule has 0 fully saturated rings. The Bertz CT molecular complexity index is 645. The minimum absolute atomic E-state index is 0.00806. The predicted molar refractivity (Wildman–Crippen MR) is 86.3 cm³/mol. The largest absolute Gasteiger partial charge is 0.438 e. The minimum Gasteiger partial charge on any atom is -0.438 e. The number of hydrogen-bond donors (Lipinski definition) is 1. The van der Waals surface area contributed by atoms with Crippen molar-refractivity contribution in [2.75, 3.05) is 12.4 Å². The maximum atomic E-state index is 6.07. The highest BCUT2D eigenvalue weighted by Gasteiger charge is 2.20. The smallest absolute Gasteiger partial charge is 0.227 e. The van der Waals surface area contributed by atoms with E-state index in [9.17, 15) is 0 Å². The van der Waals surface area contributed by atoms with Crippen LogP contribution in [-0.2, 0) is 5.41 Å². The van der Waals surface area contributed by atoms with Crippen LogP contribution in [0.2, 0.25) is 0 Å². The molecule has 21 heavy (non-hydrogen) atoms. The number of benzene rings is 1. The quantitative estimate of drug-likeness (QED) is 0.917. The first-order valence-corrected chi connectivity index (χ1v) is 7.11. The van der Waals surface area contributed by atoms with Crippen molar-refractivity contribution in [3.63, 3.8) is 0 Å². The van der Waals surface area contributed by atoms with E-state index < -0.39 is 0 Å². The molecule has 0 aliphatic heterocycles. The highest BCUT2D eigenvalue weighted by Crippen LogP contribution is 2.35. The molecule has 1 heterocycles. The third kappa shape index (κ3) is 3.32. The number of rotatable bonds is 3. The molecule has 112 valence electrons. The topological polar surface area (TPSA) is 47.0 Å². The van der Waals surface area contributed by atoms with Gasteiger partial charge in [0.25, 0.3) is 0 Å². The van der Waals surface area contributed by atoms with E-state index in [1.165, 1.54) is 17.5 Å². The zero-order valence-corrected chi connectivity index (χ0v) is 13.6. The van der Waals surface area contributed by atoms with E-state index in [4.69, 9.17) is 4.74 Å². The van der Waals surface area contributed by atoms with Crippen LogP contribution in [0, 0.1) is 13.8 Å². The summed E-state index contributed by atoms with van der Waals surface area (Å²) < 4.78 is 6.07. The summed E-state index contributed by atoms with van der Waals surface area (Å²) in [4.78, 5) is 8.44. The molecular formula is C17H23N3O. The normalized spacial score (nSPS) is 11.3. The van der Waals surface area contributed by atoms with Crippen molar-refractivity contribution >= 4 is 5.82 Å². The Morgan fingerprint density at radius 1 is 1.10 bits per heavy atom. The van der Waals surface area contributed by atoms with Crippen molar-refractivity contribution in [2.24, 2.45) is 0 Å². The van der Waals surface area contributed by atoms with Crippen molar-refractivity contribution in [1.29, 1.82) is 0 Å². The van der Waals surface area contributed by atoms with E-state index in [0.717, 1.165) is 17.1 Å². The van der Waals surface area contributed by atoms with E-state index in [1.54, 1.807) is 0 Å². The minimum atomic E-state index is 0.00806. The Hall–Kier alpha value is -2.10. The summed E-state index contributed by atoms with van der Waals surface area (Å²) in [6.45, 7) is 10.6. The van der Waals surface area contributed by atoms with Crippen molar-refractivity contribution in [3.8, 4) is 11.6 Å². The van der Waals surface area contributed by atoms with Gasteiger partial charge in [-0.15, -0.1) is 0 Å². The Labute approximate surface area is 126 Å². The van der Waals surface area contributed by atoms with Gasteiger partial charge in [-0.1, -0.05) is 38.5 Å². The zero-order chi connectivity index (χ0) is 15.6. The molecule has 4 heteroatoms. The molecule has 0 unspecified atom stereocenters. The summed E-state index contributed by atoms with van der Waals surface area (Å²) in [6, 6.07) is 6.24. The molecule has 0 aliphatic carbocycles. The molecule has 4 nitrogen and oxygen atoms in total. The molecule has 0 atom stereocenters. The summed E-state index contributed by atoms with van der Waals surface area (Å²) in [5.74, 6) is 2.21. The van der Waals surface area contributed by atoms with Gasteiger partial charge in [0, 0.05) is 12.6 Å². The second-order valence-electron chi connectivity index (χ2n) is 6.25. The molecule has 0 aliphatic rings. The number of aryl methyl sites for hydroxylation is 1. The molecule has 2 rings (SSSR count). The van der Waals surface area contributed by atoms with Gasteiger partial charge in [-0.05, 0) is 25.3 Å². The molecule has 0 radical (unpaired) electrons. The van der Waals surface area contributed by atoms with Gasteiger partial charge in [0.15, 0.2) is 0 Å². The molecule has 0 saturated carbocycles. The van der Waals surface area contributed by atoms with E-state index >= 15 is 0 Å². The van der Waals surface area contributed by atoms with E-state index in [0.29, 0.717) is 5.88 Å². The van der Waals surface area contributed by atoms with E-state index in [-0.39, 0.29) is 5.41 Å². The van der Waals surface area contributed by atoms with Crippen LogP contribution in [0.25, 0.3) is 0 Å². The molecule has 1 N–H and O–H groups in total. The van der Waals surface area contributed by atoms with Crippen LogP contribution >= 0.6 is 0 Å². The predicted octanol–water partition coefficient (Wildman–Crippen LogP) is 4.22. The Morgan fingerprint density at radius 3 is 2.43 bits per heavy atom. The molecule has 1 aromatic heterocycles. The van der Waals surface area contributed by atoms with Crippen molar-refractivity contribution in [3.05, 3.63) is 41.2 Å². The number of hydrogen-bond acceptors (Lipinski definition) is 4. The molecule has 0 bridgehead atoms. The van der Waals surface area contributed by atoms with Gasteiger partial charge < -0.3 is 10.1 Å². The first kappa shape index (κ1) is 15.3. The van der Waals surface area contributed by atoms with Gasteiger partial charge >= 0.3 is 0 Å². The van der Waals surface area contributed by atoms with Crippen LogP contribution < -0.4 is 10.1 Å². The van der Waals surface area contributed by atoms with Gasteiger partial charge in [0.2, 0.25) is 5.88 Å². The van der Waals surface area contributed by atoms with Gasteiger partial charge in [-0.25, -0.2) is 9.97 Å². The van der Waals surface area contributed by atoms with Gasteiger partial charge in [-0.3, -0.25) is 0 Å². The Balaban J connectivity index is 2.45. The molecule has 0 saturated heterocycles. The van der Waals surface area contributed by atoms with Crippen molar-refractivity contribution in [1.82, 2.24) is 9.97 Å². The van der Waals surface area contributed by atoms with Crippen LogP contribution in [0.5, 0.6) is 11.6 Å². The van der Waals surface area contributed by atoms with Crippen LogP contribution in [0.4, 0.5) is 5.82 Å². The number of aromatic nitrogens is 2. The fourth-order valence-corrected chi connectivity index (χ4v) is 2.21. The standard InChI is InChI=1S/C17H23N3O/c1-11-7-8-14(13(9-11)17(3,4)5)21-16-12(2)15(18-6)19-10-20-16/h7-10H,1-6H3,(H,18,19,20). The summed E-state index contributed by atoms with van der Waals surface area (Å²) in [5, 5.41) is 3.04. The molecular weight excluding hydrogens is 262 g/mol. The molecule has 0 spiro atoms.